The average molecular weight is 930 g/mol. The Balaban J connectivity index is 0.000000288. The first-order chi connectivity index (χ1) is 30.6. The van der Waals surface area contributed by atoms with Gasteiger partial charge in [-0.05, 0) is 99.1 Å². The van der Waals surface area contributed by atoms with Crippen molar-refractivity contribution in [3.63, 3.8) is 0 Å². The highest BCUT2D eigenvalue weighted by molar-refractivity contribution is 7.86. The number of ether oxygens (including phenoxy) is 2. The summed E-state index contributed by atoms with van der Waals surface area (Å²) in [5.41, 5.74) is -0.562. The number of aromatic nitrogens is 4. The number of rotatable bonds is 22. The summed E-state index contributed by atoms with van der Waals surface area (Å²) in [7, 11) is -3.95. The van der Waals surface area contributed by atoms with Crippen LogP contribution in [-0.4, -0.2) is 69.1 Å². The Morgan fingerprint density at radius 2 is 1.17 bits per heavy atom. The number of nitrogens with zero attached hydrogens (tertiary/aromatic N) is 4. The monoisotopic (exact) mass is 930 g/mol. The molecule has 5 rings (SSSR count). The molecule has 16 heteroatoms. The van der Waals surface area contributed by atoms with Gasteiger partial charge in [0.25, 0.3) is 10.1 Å². The van der Waals surface area contributed by atoms with Gasteiger partial charge in [0.1, 0.15) is 17.8 Å². The minimum atomic E-state index is -3.95. The molecule has 2 atom stereocenters. The summed E-state index contributed by atoms with van der Waals surface area (Å²) in [5, 5.41) is 20.6. The summed E-state index contributed by atoms with van der Waals surface area (Å²) in [6, 6.07) is 6.40. The smallest absolute Gasteiger partial charge is 0.307 e. The Hall–Kier alpha value is -3.73. The zero-order valence-corrected chi connectivity index (χ0v) is 41.6. The van der Waals surface area contributed by atoms with Crippen LogP contribution in [0.4, 0.5) is 0 Å². The first-order valence-corrected chi connectivity index (χ1v) is 25.4. The second-order valence-corrected chi connectivity index (χ2v) is 22.5. The van der Waals surface area contributed by atoms with Crippen molar-refractivity contribution in [1.82, 2.24) is 25.6 Å². The predicted octanol–water partition coefficient (Wildman–Crippen LogP) is 10.3. The quantitative estimate of drug-likeness (QED) is 0.0710. The summed E-state index contributed by atoms with van der Waals surface area (Å²) in [6.45, 7) is 16.9. The fraction of sp³-hybridized carbons (Fsp3) is 0.755. The summed E-state index contributed by atoms with van der Waals surface area (Å²) in [5.74, 6) is 2.05. The van der Waals surface area contributed by atoms with Crippen molar-refractivity contribution < 1.29 is 45.8 Å². The maximum absolute atomic E-state index is 12.5. The topological polar surface area (TPSA) is 206 Å². The fourth-order valence-corrected chi connectivity index (χ4v) is 9.19. The number of nitrogens with one attached hydrogen (secondary N) is 1. The van der Waals surface area contributed by atoms with Crippen molar-refractivity contribution in [2.75, 3.05) is 6.61 Å². The highest BCUT2D eigenvalue weighted by Gasteiger charge is 2.29. The Bertz CT molecular complexity index is 1970. The number of aliphatic hydroxyl groups excluding tert-OH is 1. The molecule has 3 aromatic rings. The number of benzene rings is 1. The van der Waals surface area contributed by atoms with E-state index in [1.54, 1.807) is 12.1 Å². The summed E-state index contributed by atoms with van der Waals surface area (Å²) < 4.78 is 52.1. The fourth-order valence-electron chi connectivity index (χ4n) is 8.33. The summed E-state index contributed by atoms with van der Waals surface area (Å²) in [4.78, 5) is 34.0. The number of hydrogen-bond donors (Lipinski definition) is 2. The normalized spacial score (nSPS) is 16.6. The van der Waals surface area contributed by atoms with Gasteiger partial charge < -0.3 is 28.9 Å². The molecule has 0 aliphatic heterocycles. The van der Waals surface area contributed by atoms with Gasteiger partial charge in [-0.3, -0.25) is 13.8 Å². The van der Waals surface area contributed by atoms with E-state index in [1.165, 1.54) is 82.8 Å². The largest absolute Gasteiger partial charge is 0.460 e. The number of aryl methyl sites for hydroxylation is 1. The Morgan fingerprint density at radius 1 is 0.723 bits per heavy atom. The van der Waals surface area contributed by atoms with Gasteiger partial charge in [-0.25, -0.2) is 0 Å². The second kappa shape index (κ2) is 25.4. The van der Waals surface area contributed by atoms with Gasteiger partial charge in [-0.1, -0.05) is 118 Å². The molecule has 0 unspecified atom stereocenters. The SMILES string of the molecule is CC(C)(CO)NCc1noc([C@H](CCCC2CCCCC2)CC(=O)OC(C)(C)C)n1.Cc1ccc(S(=O)(=O)OCc2noc([C@H](CCCC3CCCCC3)CC(=O)OC(C)(C)C)n2)cc1. The van der Waals surface area contributed by atoms with Crippen LogP contribution in [0, 0.1) is 18.8 Å². The molecule has 2 aliphatic rings. The number of esters is 2. The van der Waals surface area contributed by atoms with E-state index < -0.39 is 26.9 Å². The molecule has 0 spiro atoms. The number of carbonyl (C=O) groups is 2. The summed E-state index contributed by atoms with van der Waals surface area (Å²) in [6.07, 6.45) is 19.4. The lowest BCUT2D eigenvalue weighted by Crippen LogP contribution is -2.42. The number of hydrogen-bond acceptors (Lipinski definition) is 15. The summed E-state index contributed by atoms with van der Waals surface area (Å²) >= 11 is 0. The highest BCUT2D eigenvalue weighted by atomic mass is 32.2. The second-order valence-electron chi connectivity index (χ2n) is 20.9. The first kappa shape index (κ1) is 53.9. The zero-order chi connectivity index (χ0) is 47.7. The van der Waals surface area contributed by atoms with Crippen molar-refractivity contribution in [2.24, 2.45) is 11.8 Å². The molecular weight excluding hydrogens is 851 g/mol. The third kappa shape index (κ3) is 20.8. The Kier molecular flexibility index (Phi) is 21.1. The maximum atomic E-state index is 12.5. The van der Waals surface area contributed by atoms with Crippen LogP contribution in [0.5, 0.6) is 0 Å². The molecule has 0 saturated heterocycles. The van der Waals surface area contributed by atoms with Crippen LogP contribution < -0.4 is 5.32 Å². The average Bonchev–Trinajstić information content (AvgIpc) is 3.92. The molecular formula is C49H79N5O10S. The lowest BCUT2D eigenvalue weighted by molar-refractivity contribution is -0.156. The maximum Gasteiger partial charge on any atom is 0.307 e. The molecule has 0 radical (unpaired) electrons. The zero-order valence-electron chi connectivity index (χ0n) is 40.8. The van der Waals surface area contributed by atoms with Crippen molar-refractivity contribution in [1.29, 1.82) is 0 Å². The van der Waals surface area contributed by atoms with E-state index in [0.717, 1.165) is 49.5 Å². The number of carbonyl (C=O) groups excluding carboxylic acids is 2. The van der Waals surface area contributed by atoms with Crippen LogP contribution in [0.1, 0.15) is 212 Å². The van der Waals surface area contributed by atoms with E-state index in [1.807, 2.05) is 62.3 Å². The molecule has 65 heavy (non-hydrogen) atoms. The molecule has 2 heterocycles. The molecule has 2 fully saturated rings. The molecule has 2 N–H and O–H groups in total. The molecule has 0 amide bonds. The van der Waals surface area contributed by atoms with Gasteiger partial charge in [-0.2, -0.15) is 18.4 Å². The van der Waals surface area contributed by atoms with Crippen LogP contribution in [0.2, 0.25) is 0 Å². The van der Waals surface area contributed by atoms with Crippen molar-refractivity contribution in [2.45, 2.75) is 225 Å². The predicted molar refractivity (Wildman–Crippen MR) is 247 cm³/mol. The van der Waals surface area contributed by atoms with Crippen LogP contribution in [0.3, 0.4) is 0 Å². The van der Waals surface area contributed by atoms with Crippen molar-refractivity contribution in [3.05, 3.63) is 53.3 Å². The van der Waals surface area contributed by atoms with Crippen LogP contribution in [-0.2, 0) is 46.5 Å². The lowest BCUT2D eigenvalue weighted by Gasteiger charge is -2.23. The van der Waals surface area contributed by atoms with E-state index >= 15 is 0 Å². The standard InChI is InChI=1S/C26H38N2O6S.C23H41N3O4/c1-19-13-15-22(16-14-19)35(30,31)32-18-23-27-25(34-28-23)21(17-24(29)33-26(2,3)4)12-8-11-20-9-6-5-7-10-20;1-22(2,3)29-20(28)14-18(13-9-12-17-10-7-6-8-11-17)21-25-19(26-30-21)15-24-23(4,5)16-27/h13-16,20-21H,5-12,17-18H2,1-4H3;17-18,24,27H,6-16H2,1-5H3/t21-;18-/m11/s1. The van der Waals surface area contributed by atoms with Crippen LogP contribution in [0.25, 0.3) is 0 Å². The molecule has 0 bridgehead atoms. The lowest BCUT2D eigenvalue weighted by atomic mass is 9.84. The molecule has 15 nitrogen and oxygen atoms in total. The van der Waals surface area contributed by atoms with E-state index in [0.29, 0.717) is 24.2 Å². The molecule has 2 saturated carbocycles. The van der Waals surface area contributed by atoms with Crippen LogP contribution >= 0.6 is 0 Å². The highest BCUT2D eigenvalue weighted by Crippen LogP contribution is 2.33. The van der Waals surface area contributed by atoms with Gasteiger partial charge in [0.15, 0.2) is 11.6 Å². The Morgan fingerprint density at radius 3 is 1.62 bits per heavy atom. The molecule has 2 aliphatic carbocycles. The third-order valence-corrected chi connectivity index (χ3v) is 13.2. The van der Waals surface area contributed by atoms with Gasteiger partial charge >= 0.3 is 11.9 Å². The van der Waals surface area contributed by atoms with Crippen molar-refractivity contribution >= 4 is 22.1 Å². The van der Waals surface area contributed by atoms with Gasteiger partial charge in [0, 0.05) is 17.4 Å². The van der Waals surface area contributed by atoms with E-state index in [2.05, 4.69) is 25.6 Å². The van der Waals surface area contributed by atoms with Crippen molar-refractivity contribution in [3.8, 4) is 0 Å². The Labute approximate surface area is 388 Å². The number of aliphatic hydroxyl groups is 1. The van der Waals surface area contributed by atoms with Gasteiger partial charge in [-0.15, -0.1) is 0 Å². The van der Waals surface area contributed by atoms with E-state index in [9.17, 15) is 23.1 Å². The first-order valence-electron chi connectivity index (χ1n) is 24.0. The van der Waals surface area contributed by atoms with E-state index in [-0.39, 0.29) is 60.5 Å². The van der Waals surface area contributed by atoms with E-state index in [4.69, 9.17) is 22.7 Å². The van der Waals surface area contributed by atoms with Gasteiger partial charge in [0.2, 0.25) is 11.8 Å². The molecule has 1 aromatic carbocycles. The third-order valence-electron chi connectivity index (χ3n) is 11.9. The molecule has 366 valence electrons. The van der Waals surface area contributed by atoms with Gasteiger partial charge in [0.05, 0.1) is 30.9 Å². The minimum Gasteiger partial charge on any atom is -0.460 e. The molecule has 2 aromatic heterocycles. The van der Waals surface area contributed by atoms with Crippen LogP contribution in [0.15, 0.2) is 38.2 Å². The minimum absolute atomic E-state index is 0.0140.